The van der Waals surface area contributed by atoms with Gasteiger partial charge < -0.3 is 9.30 Å². The molecule has 3 aromatic rings. The lowest BCUT2D eigenvalue weighted by Gasteiger charge is -2.08. The Kier molecular flexibility index (Phi) is 3.75. The predicted molar refractivity (Wildman–Crippen MR) is 81.1 cm³/mol. The number of rotatable bonds is 4. The number of hydrogen-bond donors (Lipinski definition) is 0. The van der Waals surface area contributed by atoms with Gasteiger partial charge in [-0.25, -0.2) is 9.37 Å². The fraction of sp³-hybridized carbons (Fsp3) is 0.176. The van der Waals surface area contributed by atoms with Gasteiger partial charge in [-0.1, -0.05) is 12.1 Å². The second-order valence-electron chi connectivity index (χ2n) is 4.93. The van der Waals surface area contributed by atoms with Crippen LogP contribution in [0.5, 0.6) is 5.75 Å². The first-order valence-electron chi connectivity index (χ1n) is 6.86. The average Bonchev–Trinajstić information content (AvgIpc) is 2.84. The number of aromatic nitrogens is 2. The summed E-state index contributed by atoms with van der Waals surface area (Å²) < 4.78 is 20.5. The van der Waals surface area contributed by atoms with Gasteiger partial charge in [-0.05, 0) is 29.8 Å². The van der Waals surface area contributed by atoms with E-state index in [0.717, 1.165) is 16.6 Å². The molecule has 110 valence electrons. The van der Waals surface area contributed by atoms with E-state index < -0.39 is 0 Å². The number of hydrogen-bond acceptors (Lipinski definition) is 3. The Balaban J connectivity index is 2.09. The van der Waals surface area contributed by atoms with Gasteiger partial charge in [0.25, 0.3) is 0 Å². The molecule has 3 rings (SSSR count). The highest BCUT2D eigenvalue weighted by atomic mass is 19.1. The van der Waals surface area contributed by atoms with Crippen molar-refractivity contribution in [3.05, 3.63) is 59.7 Å². The summed E-state index contributed by atoms with van der Waals surface area (Å²) in [6, 6.07) is 14.1. The number of ether oxygens (including phenoxy) is 1. The third-order valence-electron chi connectivity index (χ3n) is 3.50. The van der Waals surface area contributed by atoms with Crippen LogP contribution in [0.3, 0.4) is 0 Å². The maximum atomic E-state index is 13.4. The molecule has 0 saturated heterocycles. The zero-order valence-corrected chi connectivity index (χ0v) is 12.1. The standard InChI is InChI=1S/C17H14FN3O/c1-22-14-5-6-16-15(10-14)20-17(7-8-19)21(16)11-12-3-2-4-13(18)9-12/h2-6,9-10H,7,11H2,1H3. The van der Waals surface area contributed by atoms with Crippen molar-refractivity contribution in [2.45, 2.75) is 13.0 Å². The lowest BCUT2D eigenvalue weighted by molar-refractivity contribution is 0.415. The van der Waals surface area contributed by atoms with Gasteiger partial charge in [-0.2, -0.15) is 5.26 Å². The van der Waals surface area contributed by atoms with E-state index >= 15 is 0 Å². The Hall–Kier alpha value is -2.87. The zero-order valence-electron chi connectivity index (χ0n) is 12.1. The molecule has 0 N–H and O–H groups in total. The number of benzene rings is 2. The Morgan fingerprint density at radius 1 is 1.27 bits per heavy atom. The van der Waals surface area contributed by atoms with Crippen LogP contribution in [0.1, 0.15) is 11.4 Å². The Morgan fingerprint density at radius 2 is 2.14 bits per heavy atom. The molecule has 1 heterocycles. The molecular formula is C17H14FN3O. The summed E-state index contributed by atoms with van der Waals surface area (Å²) in [7, 11) is 1.60. The van der Waals surface area contributed by atoms with Gasteiger partial charge in [0.2, 0.25) is 0 Å². The fourth-order valence-electron chi connectivity index (χ4n) is 2.49. The summed E-state index contributed by atoms with van der Waals surface area (Å²) in [6.07, 6.45) is 0.201. The molecule has 0 fully saturated rings. The number of fused-ring (bicyclic) bond motifs is 1. The molecule has 0 atom stereocenters. The van der Waals surface area contributed by atoms with Gasteiger partial charge in [0.05, 0.1) is 30.6 Å². The van der Waals surface area contributed by atoms with Crippen LogP contribution in [0.2, 0.25) is 0 Å². The molecule has 1 aromatic heterocycles. The molecule has 0 aliphatic heterocycles. The molecule has 0 saturated carbocycles. The highest BCUT2D eigenvalue weighted by molar-refractivity contribution is 5.78. The van der Waals surface area contributed by atoms with E-state index in [1.54, 1.807) is 13.2 Å². The molecule has 0 bridgehead atoms. The van der Waals surface area contributed by atoms with Gasteiger partial charge in [-0.15, -0.1) is 0 Å². The number of nitriles is 1. The summed E-state index contributed by atoms with van der Waals surface area (Å²) in [5, 5.41) is 8.99. The van der Waals surface area contributed by atoms with E-state index in [1.165, 1.54) is 12.1 Å². The van der Waals surface area contributed by atoms with Crippen molar-refractivity contribution in [1.82, 2.24) is 9.55 Å². The second-order valence-corrected chi connectivity index (χ2v) is 4.93. The van der Waals surface area contributed by atoms with Crippen LogP contribution in [0, 0.1) is 17.1 Å². The minimum Gasteiger partial charge on any atom is -0.497 e. The van der Waals surface area contributed by atoms with Crippen molar-refractivity contribution < 1.29 is 9.13 Å². The van der Waals surface area contributed by atoms with Crippen molar-refractivity contribution >= 4 is 11.0 Å². The first kappa shape index (κ1) is 14.1. The molecule has 2 aromatic carbocycles. The average molecular weight is 295 g/mol. The van der Waals surface area contributed by atoms with Crippen LogP contribution in [-0.2, 0) is 13.0 Å². The van der Waals surface area contributed by atoms with Crippen LogP contribution < -0.4 is 4.74 Å². The number of methoxy groups -OCH3 is 1. The summed E-state index contributed by atoms with van der Waals surface area (Å²) in [4.78, 5) is 4.50. The van der Waals surface area contributed by atoms with Gasteiger partial charge in [0.1, 0.15) is 17.4 Å². The molecule has 0 unspecified atom stereocenters. The minimum absolute atomic E-state index is 0.201. The van der Waals surface area contributed by atoms with E-state index in [0.29, 0.717) is 18.1 Å². The molecule has 0 aliphatic rings. The molecule has 0 aliphatic carbocycles. The quantitative estimate of drug-likeness (QED) is 0.742. The first-order chi connectivity index (χ1) is 10.7. The van der Waals surface area contributed by atoms with Crippen molar-refractivity contribution in [2.75, 3.05) is 7.11 Å². The van der Waals surface area contributed by atoms with Crippen LogP contribution >= 0.6 is 0 Å². The molecule has 22 heavy (non-hydrogen) atoms. The van der Waals surface area contributed by atoms with E-state index in [4.69, 9.17) is 10.00 Å². The highest BCUT2D eigenvalue weighted by Gasteiger charge is 2.12. The molecule has 0 spiro atoms. The topological polar surface area (TPSA) is 50.8 Å². The summed E-state index contributed by atoms with van der Waals surface area (Å²) in [6.45, 7) is 0.470. The largest absolute Gasteiger partial charge is 0.497 e. The SMILES string of the molecule is COc1ccc2c(c1)nc(CC#N)n2Cc1cccc(F)c1. The van der Waals surface area contributed by atoms with Crippen molar-refractivity contribution in [2.24, 2.45) is 0 Å². The third kappa shape index (κ3) is 2.63. The van der Waals surface area contributed by atoms with E-state index in [-0.39, 0.29) is 12.2 Å². The Bertz CT molecular complexity index is 864. The van der Waals surface area contributed by atoms with Crippen molar-refractivity contribution in [1.29, 1.82) is 5.26 Å². The summed E-state index contributed by atoms with van der Waals surface area (Å²) >= 11 is 0. The van der Waals surface area contributed by atoms with E-state index in [9.17, 15) is 4.39 Å². The number of nitrogens with zero attached hydrogens (tertiary/aromatic N) is 3. The maximum absolute atomic E-state index is 13.4. The summed E-state index contributed by atoms with van der Waals surface area (Å²) in [5.74, 6) is 1.10. The van der Waals surface area contributed by atoms with Crippen LogP contribution in [-0.4, -0.2) is 16.7 Å². The van der Waals surface area contributed by atoms with E-state index in [1.807, 2.05) is 28.8 Å². The first-order valence-corrected chi connectivity index (χ1v) is 6.86. The molecule has 4 nitrogen and oxygen atoms in total. The summed E-state index contributed by atoms with van der Waals surface area (Å²) in [5.41, 5.74) is 2.49. The van der Waals surface area contributed by atoms with Crippen molar-refractivity contribution in [3.63, 3.8) is 0 Å². The van der Waals surface area contributed by atoms with Gasteiger partial charge in [0, 0.05) is 12.6 Å². The lowest BCUT2D eigenvalue weighted by atomic mass is 10.2. The van der Waals surface area contributed by atoms with Gasteiger partial charge >= 0.3 is 0 Å². The smallest absolute Gasteiger partial charge is 0.124 e. The molecule has 5 heteroatoms. The van der Waals surface area contributed by atoms with Crippen molar-refractivity contribution in [3.8, 4) is 11.8 Å². The normalized spacial score (nSPS) is 10.6. The Labute approximate surface area is 127 Å². The molecular weight excluding hydrogens is 281 g/mol. The number of imidazole rings is 1. The van der Waals surface area contributed by atoms with Crippen LogP contribution in [0.4, 0.5) is 4.39 Å². The highest BCUT2D eigenvalue weighted by Crippen LogP contribution is 2.23. The molecule has 0 amide bonds. The van der Waals surface area contributed by atoms with Crippen LogP contribution in [0.15, 0.2) is 42.5 Å². The predicted octanol–water partition coefficient (Wildman–Crippen LogP) is 3.30. The monoisotopic (exact) mass is 295 g/mol. The van der Waals surface area contributed by atoms with Gasteiger partial charge in [0.15, 0.2) is 0 Å². The number of halogens is 1. The molecule has 0 radical (unpaired) electrons. The third-order valence-corrected chi connectivity index (χ3v) is 3.50. The maximum Gasteiger partial charge on any atom is 0.124 e. The zero-order chi connectivity index (χ0) is 15.5. The second kappa shape index (κ2) is 5.86. The van der Waals surface area contributed by atoms with Crippen LogP contribution in [0.25, 0.3) is 11.0 Å². The van der Waals surface area contributed by atoms with Gasteiger partial charge in [-0.3, -0.25) is 0 Å². The fourth-order valence-corrected chi connectivity index (χ4v) is 2.49. The Morgan fingerprint density at radius 3 is 2.86 bits per heavy atom. The van der Waals surface area contributed by atoms with E-state index in [2.05, 4.69) is 11.1 Å². The lowest BCUT2D eigenvalue weighted by Crippen LogP contribution is -2.05. The minimum atomic E-state index is -0.273.